The molecule has 4 unspecified atom stereocenters. The molecule has 0 aliphatic heterocycles. The predicted molar refractivity (Wildman–Crippen MR) is 188 cm³/mol. The van der Waals surface area contributed by atoms with Crippen LogP contribution in [0.15, 0.2) is 54.6 Å². The van der Waals surface area contributed by atoms with Gasteiger partial charge in [-0.25, -0.2) is 0 Å². The van der Waals surface area contributed by atoms with Gasteiger partial charge in [-0.15, -0.1) is 0 Å². The third kappa shape index (κ3) is 14.0. The molecule has 0 aliphatic carbocycles. The fraction of sp³-hybridized carbons (Fsp3) is 0.500. The van der Waals surface area contributed by atoms with Crippen LogP contribution >= 0.6 is 0 Å². The summed E-state index contributed by atoms with van der Waals surface area (Å²) in [7, 11) is 4.06. The van der Waals surface area contributed by atoms with Crippen LogP contribution in [0.25, 0.3) is 0 Å². The van der Waals surface area contributed by atoms with Crippen molar-refractivity contribution in [3.63, 3.8) is 0 Å². The van der Waals surface area contributed by atoms with Crippen LogP contribution in [0.2, 0.25) is 0 Å². The van der Waals surface area contributed by atoms with E-state index in [2.05, 4.69) is 0 Å². The number of ketones is 1. The lowest BCUT2D eigenvalue weighted by atomic mass is 9.95. The van der Waals surface area contributed by atoms with Crippen LogP contribution in [0.4, 0.5) is 0 Å². The molecule has 0 aromatic heterocycles. The lowest BCUT2D eigenvalue weighted by Crippen LogP contribution is -2.46. The Morgan fingerprint density at radius 2 is 1.20 bits per heavy atom. The molecule has 278 valence electrons. The van der Waals surface area contributed by atoms with Crippen LogP contribution in [-0.4, -0.2) is 116 Å². The van der Waals surface area contributed by atoms with E-state index in [1.54, 1.807) is 6.92 Å². The van der Waals surface area contributed by atoms with E-state index in [1.165, 1.54) is 28.1 Å². The summed E-state index contributed by atoms with van der Waals surface area (Å²) in [6.07, 6.45) is -0.814. The third-order valence-corrected chi connectivity index (χ3v) is 8.24. The molecule has 0 heterocycles. The normalized spacial score (nSPS) is 13.1. The zero-order chi connectivity index (χ0) is 38.1. The number of nitrogens with zero attached hydrogens (tertiary/aromatic N) is 3. The van der Waals surface area contributed by atoms with Crippen LogP contribution < -0.4 is 0 Å². The molecule has 4 atom stereocenters. The van der Waals surface area contributed by atoms with Crippen molar-refractivity contribution in [2.75, 3.05) is 40.8 Å². The SMILES string of the molecule is CCCc1ccccc1CC(OC(=O)CN(C)C=O)C(=O)N(C)CC(=O)OC(C)C(=O)N(C)CC(=O)OC(Cc1ccccc1)C(=O)C(C)CC. The van der Waals surface area contributed by atoms with Crippen LogP contribution in [0.5, 0.6) is 0 Å². The molecule has 3 amide bonds. The molecule has 0 saturated carbocycles. The number of aryl methyl sites for hydroxylation is 1. The Bertz CT molecular complexity index is 1500. The topological polar surface area (TPSA) is 157 Å². The number of esters is 3. The first kappa shape index (κ1) is 42.1. The molecule has 13 nitrogen and oxygen atoms in total. The van der Waals surface area contributed by atoms with Crippen LogP contribution in [0, 0.1) is 5.92 Å². The fourth-order valence-corrected chi connectivity index (χ4v) is 5.21. The molecule has 13 heteroatoms. The molecule has 2 aromatic carbocycles. The van der Waals surface area contributed by atoms with E-state index in [4.69, 9.17) is 14.2 Å². The first-order chi connectivity index (χ1) is 24.2. The van der Waals surface area contributed by atoms with Crippen molar-refractivity contribution in [2.24, 2.45) is 5.92 Å². The van der Waals surface area contributed by atoms with Gasteiger partial charge in [-0.1, -0.05) is 81.8 Å². The summed E-state index contributed by atoms with van der Waals surface area (Å²) in [5, 5.41) is 0. The van der Waals surface area contributed by atoms with Gasteiger partial charge in [0.2, 0.25) is 6.41 Å². The van der Waals surface area contributed by atoms with Crippen molar-refractivity contribution in [3.8, 4) is 0 Å². The number of Topliss-reactive ketones (excluding diaryl/α,β-unsaturated/α-hetero) is 1. The maximum Gasteiger partial charge on any atom is 0.326 e. The molecular formula is C38H51N3O10. The number of ether oxygens (including phenoxy) is 3. The van der Waals surface area contributed by atoms with Gasteiger partial charge in [-0.05, 0) is 36.5 Å². The average Bonchev–Trinajstić information content (AvgIpc) is 3.10. The highest BCUT2D eigenvalue weighted by Gasteiger charge is 2.31. The van der Waals surface area contributed by atoms with Crippen molar-refractivity contribution in [2.45, 2.75) is 78.1 Å². The van der Waals surface area contributed by atoms with Gasteiger partial charge in [0.05, 0.1) is 0 Å². The van der Waals surface area contributed by atoms with Gasteiger partial charge in [0, 0.05) is 39.9 Å². The third-order valence-electron chi connectivity index (χ3n) is 8.24. The number of carbonyl (C=O) groups is 7. The number of likely N-dealkylation sites (N-methyl/N-ethyl adjacent to an activating group) is 3. The van der Waals surface area contributed by atoms with Crippen LogP contribution in [0.3, 0.4) is 0 Å². The van der Waals surface area contributed by atoms with Crippen molar-refractivity contribution in [1.29, 1.82) is 0 Å². The molecular weight excluding hydrogens is 658 g/mol. The van der Waals surface area contributed by atoms with E-state index in [0.717, 1.165) is 44.2 Å². The summed E-state index contributed by atoms with van der Waals surface area (Å²) in [5.74, 6) is -4.46. The minimum Gasteiger partial charge on any atom is -0.453 e. The van der Waals surface area contributed by atoms with Crippen molar-refractivity contribution in [3.05, 3.63) is 71.3 Å². The standard InChI is InChI=1S/C38H51N3O10/c1-8-15-29-18-13-14-19-30(29)21-32(51-33(43)22-39(5)25-42)38(48)41(7)23-34(44)49-27(4)37(47)40(6)24-35(45)50-31(36(46)26(3)9-2)20-28-16-11-10-12-17-28/h10-14,16-19,25-27,31-32H,8-9,15,20-24H2,1-7H3. The molecule has 2 aromatic rings. The summed E-state index contributed by atoms with van der Waals surface area (Å²) in [4.78, 5) is 92.0. The number of hydrogen-bond acceptors (Lipinski definition) is 10. The highest BCUT2D eigenvalue weighted by atomic mass is 16.6. The Morgan fingerprint density at radius 1 is 0.667 bits per heavy atom. The second kappa shape index (κ2) is 21.2. The van der Waals surface area contributed by atoms with Crippen LogP contribution in [-0.2, 0) is 67.0 Å². The molecule has 0 bridgehead atoms. The molecule has 0 fully saturated rings. The monoisotopic (exact) mass is 709 g/mol. The summed E-state index contributed by atoms with van der Waals surface area (Å²) in [5.41, 5.74) is 2.59. The Labute approximate surface area is 300 Å². The summed E-state index contributed by atoms with van der Waals surface area (Å²) >= 11 is 0. The Balaban J connectivity index is 2.04. The molecule has 51 heavy (non-hydrogen) atoms. The Hall–Kier alpha value is -5.07. The van der Waals surface area contributed by atoms with Gasteiger partial charge in [0.25, 0.3) is 11.8 Å². The number of carbonyl (C=O) groups excluding carboxylic acids is 7. The smallest absolute Gasteiger partial charge is 0.326 e. The largest absolute Gasteiger partial charge is 0.453 e. The maximum absolute atomic E-state index is 13.5. The fourth-order valence-electron chi connectivity index (χ4n) is 5.21. The first-order valence-electron chi connectivity index (χ1n) is 17.1. The van der Waals surface area contributed by atoms with Crippen molar-refractivity contribution in [1.82, 2.24) is 14.7 Å². The van der Waals surface area contributed by atoms with E-state index in [9.17, 15) is 33.6 Å². The highest BCUT2D eigenvalue weighted by Crippen LogP contribution is 2.17. The lowest BCUT2D eigenvalue weighted by Gasteiger charge is -2.26. The van der Waals surface area contributed by atoms with Gasteiger partial charge in [-0.2, -0.15) is 0 Å². The Kier molecular flexibility index (Phi) is 17.5. The maximum atomic E-state index is 13.5. The second-order valence-electron chi connectivity index (χ2n) is 12.6. The zero-order valence-corrected chi connectivity index (χ0v) is 30.7. The minimum absolute atomic E-state index is 0.0376. The van der Waals surface area contributed by atoms with Gasteiger partial charge in [0.1, 0.15) is 19.6 Å². The predicted octanol–water partition coefficient (Wildman–Crippen LogP) is 2.80. The molecule has 0 radical (unpaired) electrons. The van der Waals surface area contributed by atoms with E-state index >= 15 is 0 Å². The van der Waals surface area contributed by atoms with E-state index < -0.39 is 61.1 Å². The molecule has 0 N–H and O–H groups in total. The molecule has 0 spiro atoms. The summed E-state index contributed by atoms with van der Waals surface area (Å²) < 4.78 is 16.3. The number of hydrogen-bond donors (Lipinski definition) is 0. The lowest BCUT2D eigenvalue weighted by molar-refractivity contribution is -0.166. The van der Waals surface area contributed by atoms with Gasteiger partial charge in [0.15, 0.2) is 24.1 Å². The highest BCUT2D eigenvalue weighted by molar-refractivity contribution is 5.91. The van der Waals surface area contributed by atoms with Crippen molar-refractivity contribution >= 4 is 41.9 Å². The minimum atomic E-state index is -1.32. The summed E-state index contributed by atoms with van der Waals surface area (Å²) in [6, 6.07) is 16.6. The summed E-state index contributed by atoms with van der Waals surface area (Å²) in [6.45, 7) is 5.53. The first-order valence-corrected chi connectivity index (χ1v) is 17.1. The second-order valence-corrected chi connectivity index (χ2v) is 12.6. The molecule has 0 aliphatic rings. The number of amides is 3. The Morgan fingerprint density at radius 3 is 1.78 bits per heavy atom. The van der Waals surface area contributed by atoms with E-state index in [-0.39, 0.29) is 31.1 Å². The van der Waals surface area contributed by atoms with Gasteiger partial charge < -0.3 is 28.9 Å². The average molecular weight is 710 g/mol. The van der Waals surface area contributed by atoms with E-state index in [0.29, 0.717) is 12.8 Å². The zero-order valence-electron chi connectivity index (χ0n) is 30.7. The molecule has 2 rings (SSSR count). The number of rotatable bonds is 21. The van der Waals surface area contributed by atoms with Crippen LogP contribution in [0.1, 0.15) is 57.2 Å². The van der Waals surface area contributed by atoms with E-state index in [1.807, 2.05) is 68.4 Å². The van der Waals surface area contributed by atoms with Crippen molar-refractivity contribution < 1.29 is 47.8 Å². The quantitative estimate of drug-likeness (QED) is 0.107. The molecule has 0 saturated heterocycles. The number of benzene rings is 2. The van der Waals surface area contributed by atoms with Gasteiger partial charge in [-0.3, -0.25) is 33.6 Å². The van der Waals surface area contributed by atoms with Gasteiger partial charge >= 0.3 is 17.9 Å².